The average Bonchev–Trinajstić information content (AvgIpc) is 2.91. The van der Waals surface area contributed by atoms with Gasteiger partial charge in [0.25, 0.3) is 0 Å². The lowest BCUT2D eigenvalue weighted by Gasteiger charge is -2.12. The molecule has 1 aromatic rings. The Morgan fingerprint density at radius 3 is 2.35 bits per heavy atom. The van der Waals surface area contributed by atoms with Crippen molar-refractivity contribution in [1.82, 2.24) is 0 Å². The summed E-state index contributed by atoms with van der Waals surface area (Å²) in [5, 5.41) is 2.77. The molecule has 1 aliphatic rings. The Bertz CT molecular complexity index is 450. The highest BCUT2D eigenvalue weighted by atomic mass is 19.4. The lowest BCUT2D eigenvalue weighted by molar-refractivity contribution is -0.153. The maximum atomic E-state index is 12.0. The molecule has 0 saturated heterocycles. The monoisotopic (exact) mass is 287 g/mol. The van der Waals surface area contributed by atoms with Crippen molar-refractivity contribution >= 4 is 11.6 Å². The summed E-state index contributed by atoms with van der Waals surface area (Å²) in [6.07, 6.45) is -0.406. The molecule has 0 heterocycles. The van der Waals surface area contributed by atoms with Crippen molar-refractivity contribution in [3.63, 3.8) is 0 Å². The van der Waals surface area contributed by atoms with Gasteiger partial charge in [-0.2, -0.15) is 13.2 Å². The zero-order valence-electron chi connectivity index (χ0n) is 10.9. The number of halogens is 3. The van der Waals surface area contributed by atoms with Crippen LogP contribution in [0.4, 0.5) is 18.9 Å². The second kappa shape index (κ2) is 6.15. The SMILES string of the molecule is O=C(Nc1ccc(OCC(F)(F)F)cc1)C1CCCC1. The van der Waals surface area contributed by atoms with E-state index in [1.54, 1.807) is 12.1 Å². The first-order valence-corrected chi connectivity index (χ1v) is 6.54. The van der Waals surface area contributed by atoms with Crippen LogP contribution in [-0.2, 0) is 4.79 Å². The fourth-order valence-electron chi connectivity index (χ4n) is 2.23. The summed E-state index contributed by atoms with van der Waals surface area (Å²) in [6, 6.07) is 5.91. The van der Waals surface area contributed by atoms with Crippen molar-refractivity contribution in [2.75, 3.05) is 11.9 Å². The van der Waals surface area contributed by atoms with Crippen LogP contribution >= 0.6 is 0 Å². The Morgan fingerprint density at radius 2 is 1.80 bits per heavy atom. The molecule has 1 aromatic carbocycles. The summed E-state index contributed by atoms with van der Waals surface area (Å²) in [7, 11) is 0. The number of carbonyl (C=O) groups is 1. The smallest absolute Gasteiger partial charge is 0.422 e. The first kappa shape index (κ1) is 14.7. The standard InChI is InChI=1S/C14H16F3NO2/c15-14(16,17)9-20-12-7-5-11(6-8-12)18-13(19)10-3-1-2-4-10/h5-8,10H,1-4,9H2,(H,18,19). The van der Waals surface area contributed by atoms with Crippen molar-refractivity contribution in [3.8, 4) is 5.75 Å². The highest BCUT2D eigenvalue weighted by Crippen LogP contribution is 2.26. The molecule has 0 atom stereocenters. The van der Waals surface area contributed by atoms with Gasteiger partial charge in [0.1, 0.15) is 5.75 Å². The minimum atomic E-state index is -4.35. The molecule has 0 aromatic heterocycles. The van der Waals surface area contributed by atoms with Gasteiger partial charge in [0, 0.05) is 11.6 Å². The van der Waals surface area contributed by atoms with E-state index in [9.17, 15) is 18.0 Å². The molecule has 1 saturated carbocycles. The van der Waals surface area contributed by atoms with Gasteiger partial charge in [0.05, 0.1) is 0 Å². The van der Waals surface area contributed by atoms with Crippen molar-refractivity contribution in [3.05, 3.63) is 24.3 Å². The number of anilines is 1. The van der Waals surface area contributed by atoms with Crippen LogP contribution in [0, 0.1) is 5.92 Å². The molecule has 6 heteroatoms. The number of rotatable bonds is 4. The van der Waals surface area contributed by atoms with Gasteiger partial charge in [-0.15, -0.1) is 0 Å². The molecule has 1 fully saturated rings. The Morgan fingerprint density at radius 1 is 1.20 bits per heavy atom. The number of carbonyl (C=O) groups excluding carboxylic acids is 1. The molecule has 1 N–H and O–H groups in total. The van der Waals surface area contributed by atoms with Crippen LogP contribution in [0.3, 0.4) is 0 Å². The molecular weight excluding hydrogens is 271 g/mol. The lowest BCUT2D eigenvalue weighted by Crippen LogP contribution is -2.20. The first-order valence-electron chi connectivity index (χ1n) is 6.54. The van der Waals surface area contributed by atoms with E-state index in [-0.39, 0.29) is 17.6 Å². The molecule has 20 heavy (non-hydrogen) atoms. The van der Waals surface area contributed by atoms with E-state index in [1.807, 2.05) is 0 Å². The van der Waals surface area contributed by atoms with Crippen LogP contribution in [0.1, 0.15) is 25.7 Å². The predicted octanol–water partition coefficient (Wildman–Crippen LogP) is 3.76. The van der Waals surface area contributed by atoms with Crippen molar-refractivity contribution < 1.29 is 22.7 Å². The molecule has 3 nitrogen and oxygen atoms in total. The van der Waals surface area contributed by atoms with Gasteiger partial charge in [-0.3, -0.25) is 4.79 Å². The number of benzene rings is 1. The molecule has 0 unspecified atom stereocenters. The number of ether oxygens (including phenoxy) is 1. The lowest BCUT2D eigenvalue weighted by atomic mass is 10.1. The van der Waals surface area contributed by atoms with Crippen molar-refractivity contribution in [2.45, 2.75) is 31.9 Å². The van der Waals surface area contributed by atoms with Gasteiger partial charge < -0.3 is 10.1 Å². The first-order chi connectivity index (χ1) is 9.44. The van der Waals surface area contributed by atoms with Crippen molar-refractivity contribution in [1.29, 1.82) is 0 Å². The van der Waals surface area contributed by atoms with Gasteiger partial charge in [-0.25, -0.2) is 0 Å². The average molecular weight is 287 g/mol. The number of amides is 1. The Labute approximate surface area is 115 Å². The minimum Gasteiger partial charge on any atom is -0.484 e. The van der Waals surface area contributed by atoms with Gasteiger partial charge in [0.15, 0.2) is 6.61 Å². The van der Waals surface area contributed by atoms with Gasteiger partial charge in [0.2, 0.25) is 5.91 Å². The third-order valence-corrected chi connectivity index (χ3v) is 3.25. The van der Waals surface area contributed by atoms with Crippen molar-refractivity contribution in [2.24, 2.45) is 5.92 Å². The molecule has 1 amide bonds. The summed E-state index contributed by atoms with van der Waals surface area (Å²) < 4.78 is 40.5. The number of nitrogens with one attached hydrogen (secondary N) is 1. The quantitative estimate of drug-likeness (QED) is 0.915. The number of hydrogen-bond acceptors (Lipinski definition) is 2. The Balaban J connectivity index is 1.86. The van der Waals surface area contributed by atoms with Crippen LogP contribution in [0.25, 0.3) is 0 Å². The predicted molar refractivity (Wildman–Crippen MR) is 68.6 cm³/mol. The van der Waals surface area contributed by atoms with Gasteiger partial charge in [-0.1, -0.05) is 12.8 Å². The Hall–Kier alpha value is -1.72. The maximum Gasteiger partial charge on any atom is 0.422 e. The van der Waals surface area contributed by atoms with Gasteiger partial charge >= 0.3 is 6.18 Å². The van der Waals surface area contributed by atoms with E-state index in [0.717, 1.165) is 25.7 Å². The summed E-state index contributed by atoms with van der Waals surface area (Å²) in [5.41, 5.74) is 0.571. The molecule has 0 radical (unpaired) electrons. The van der Waals surface area contributed by atoms with E-state index in [1.165, 1.54) is 12.1 Å². The number of hydrogen-bond donors (Lipinski definition) is 1. The van der Waals surface area contributed by atoms with E-state index in [0.29, 0.717) is 5.69 Å². The largest absolute Gasteiger partial charge is 0.484 e. The van der Waals surface area contributed by atoms with Crippen LogP contribution in [0.15, 0.2) is 24.3 Å². The third kappa shape index (κ3) is 4.43. The van der Waals surface area contributed by atoms with E-state index < -0.39 is 12.8 Å². The third-order valence-electron chi connectivity index (χ3n) is 3.25. The van der Waals surface area contributed by atoms with E-state index in [2.05, 4.69) is 10.1 Å². The zero-order chi connectivity index (χ0) is 14.6. The Kier molecular flexibility index (Phi) is 4.52. The highest BCUT2D eigenvalue weighted by molar-refractivity contribution is 5.92. The minimum absolute atomic E-state index is 0.0218. The van der Waals surface area contributed by atoms with Crippen LogP contribution in [0.5, 0.6) is 5.75 Å². The highest BCUT2D eigenvalue weighted by Gasteiger charge is 2.28. The normalized spacial score (nSPS) is 16.1. The summed E-state index contributed by atoms with van der Waals surface area (Å²) in [4.78, 5) is 11.9. The molecule has 2 rings (SSSR count). The van der Waals surface area contributed by atoms with E-state index >= 15 is 0 Å². The zero-order valence-corrected chi connectivity index (χ0v) is 10.9. The fraction of sp³-hybridized carbons (Fsp3) is 0.500. The molecule has 0 spiro atoms. The molecule has 110 valence electrons. The molecule has 0 bridgehead atoms. The molecular formula is C14H16F3NO2. The van der Waals surface area contributed by atoms with Crippen LogP contribution < -0.4 is 10.1 Å². The maximum absolute atomic E-state index is 12.0. The summed E-state index contributed by atoms with van der Waals surface area (Å²) >= 11 is 0. The van der Waals surface area contributed by atoms with Gasteiger partial charge in [-0.05, 0) is 37.1 Å². The fourth-order valence-corrected chi connectivity index (χ4v) is 2.23. The second-order valence-electron chi connectivity index (χ2n) is 4.90. The topological polar surface area (TPSA) is 38.3 Å². The molecule has 1 aliphatic carbocycles. The van der Waals surface area contributed by atoms with E-state index in [4.69, 9.17) is 0 Å². The summed E-state index contributed by atoms with van der Waals surface area (Å²) in [6.45, 7) is -1.32. The molecule has 0 aliphatic heterocycles. The summed E-state index contributed by atoms with van der Waals surface area (Å²) in [5.74, 6) is 0.156. The second-order valence-corrected chi connectivity index (χ2v) is 4.90. The van der Waals surface area contributed by atoms with Crippen LogP contribution in [0.2, 0.25) is 0 Å². The van der Waals surface area contributed by atoms with Crippen LogP contribution in [-0.4, -0.2) is 18.7 Å². The number of alkyl halides is 3.